The first-order chi connectivity index (χ1) is 17.0. The summed E-state index contributed by atoms with van der Waals surface area (Å²) in [5.41, 5.74) is 7.30. The Kier molecular flexibility index (Phi) is 6.30. The molecule has 11 heteroatoms. The van der Waals surface area contributed by atoms with Gasteiger partial charge in [-0.05, 0) is 24.3 Å². The Morgan fingerprint density at radius 1 is 1.03 bits per heavy atom. The first-order valence-corrected chi connectivity index (χ1v) is 11.2. The average molecular weight is 494 g/mol. The summed E-state index contributed by atoms with van der Waals surface area (Å²) in [7, 11) is 0. The number of hydrogen-bond acceptors (Lipinski definition) is 9. The minimum absolute atomic E-state index is 0.0114. The van der Waals surface area contributed by atoms with Crippen LogP contribution in [0.2, 0.25) is 5.15 Å². The number of anilines is 1. The van der Waals surface area contributed by atoms with E-state index >= 15 is 0 Å². The molecule has 0 unspecified atom stereocenters. The number of nitrogens with two attached hydrogens (primary N) is 1. The van der Waals surface area contributed by atoms with Crippen LogP contribution in [-0.4, -0.2) is 50.3 Å². The van der Waals surface area contributed by atoms with E-state index in [-0.39, 0.29) is 24.1 Å². The van der Waals surface area contributed by atoms with E-state index in [0.717, 1.165) is 0 Å². The summed E-state index contributed by atoms with van der Waals surface area (Å²) in [5.74, 6) is -1.03. The molecule has 1 aliphatic rings. The second-order valence-corrected chi connectivity index (χ2v) is 8.19. The van der Waals surface area contributed by atoms with Crippen LogP contribution in [0.15, 0.2) is 67.0 Å². The van der Waals surface area contributed by atoms with Crippen molar-refractivity contribution >= 4 is 40.7 Å². The van der Waals surface area contributed by atoms with Crippen molar-refractivity contribution in [2.24, 2.45) is 0 Å². The van der Waals surface area contributed by atoms with Crippen LogP contribution < -0.4 is 5.73 Å². The summed E-state index contributed by atoms with van der Waals surface area (Å²) in [4.78, 5) is 37.6. The molecule has 2 N–H and O–H groups in total. The molecule has 1 aliphatic heterocycles. The predicted octanol–water partition coefficient (Wildman–Crippen LogP) is 3.43. The molecule has 1 fully saturated rings. The number of nitrogens with zero attached hydrogens (tertiary/aromatic N) is 4. The zero-order valence-corrected chi connectivity index (χ0v) is 19.0. The van der Waals surface area contributed by atoms with Gasteiger partial charge in [-0.1, -0.05) is 48.0 Å². The van der Waals surface area contributed by atoms with Crippen molar-refractivity contribution in [1.82, 2.24) is 19.5 Å². The normalized spacial score (nSPS) is 19.5. The van der Waals surface area contributed by atoms with E-state index in [1.165, 1.54) is 6.33 Å². The fraction of sp³-hybridized carbons (Fsp3) is 0.208. The highest BCUT2D eigenvalue weighted by atomic mass is 35.5. The molecule has 0 amide bonds. The summed E-state index contributed by atoms with van der Waals surface area (Å²) < 4.78 is 19.0. The summed E-state index contributed by atoms with van der Waals surface area (Å²) in [6.07, 6.45) is -0.293. The van der Waals surface area contributed by atoms with E-state index < -0.39 is 30.4 Å². The molecule has 1 saturated heterocycles. The molecule has 2 aromatic carbocycles. The molecular formula is C24H20ClN5O5. The Bertz CT molecular complexity index is 1370. The van der Waals surface area contributed by atoms with Gasteiger partial charge in [0.25, 0.3) is 0 Å². The van der Waals surface area contributed by atoms with E-state index in [9.17, 15) is 9.59 Å². The molecule has 0 bridgehead atoms. The SMILES string of the molecule is Nc1nc(Cl)c2ncn([C@H]3C[C@@H](OC(=O)c4ccccc4)[C@@H](COC(=O)c4ccccc4)O3)c2n1. The van der Waals surface area contributed by atoms with Gasteiger partial charge in [0, 0.05) is 6.42 Å². The van der Waals surface area contributed by atoms with E-state index in [2.05, 4.69) is 15.0 Å². The summed E-state index contributed by atoms with van der Waals surface area (Å²) in [5, 5.41) is 0.115. The van der Waals surface area contributed by atoms with Crippen LogP contribution in [0.4, 0.5) is 5.95 Å². The highest BCUT2D eigenvalue weighted by molar-refractivity contribution is 6.33. The second-order valence-electron chi connectivity index (χ2n) is 7.84. The lowest BCUT2D eigenvalue weighted by atomic mass is 10.1. The molecular weight excluding hydrogens is 474 g/mol. The van der Waals surface area contributed by atoms with E-state index in [4.69, 9.17) is 31.5 Å². The molecule has 4 aromatic rings. The van der Waals surface area contributed by atoms with Gasteiger partial charge in [0.15, 0.2) is 10.8 Å². The number of rotatable bonds is 6. The fourth-order valence-corrected chi connectivity index (χ4v) is 4.07. The van der Waals surface area contributed by atoms with Crippen LogP contribution in [0.1, 0.15) is 33.4 Å². The van der Waals surface area contributed by atoms with Crippen LogP contribution >= 0.6 is 11.6 Å². The number of carbonyl (C=O) groups is 2. The quantitative estimate of drug-likeness (QED) is 0.317. The van der Waals surface area contributed by atoms with Crippen molar-refractivity contribution in [3.63, 3.8) is 0 Å². The minimum Gasteiger partial charge on any atom is -0.459 e. The lowest BCUT2D eigenvalue weighted by molar-refractivity contribution is -0.0563. The van der Waals surface area contributed by atoms with E-state index in [0.29, 0.717) is 22.3 Å². The molecule has 3 heterocycles. The molecule has 0 aliphatic carbocycles. The standard InChI is InChI=1S/C24H20ClN5O5/c25-20-19-21(29-24(26)28-20)30(13-27-19)18-11-16(35-23(32)15-9-5-2-6-10-15)17(34-18)12-33-22(31)14-7-3-1-4-8-14/h1-10,13,16-18H,11-12H2,(H2,26,28,29)/t16-,17-,18-/m1/s1. The van der Waals surface area contributed by atoms with Crippen LogP contribution in [0, 0.1) is 0 Å². The Morgan fingerprint density at radius 3 is 2.37 bits per heavy atom. The molecule has 35 heavy (non-hydrogen) atoms. The van der Waals surface area contributed by atoms with Gasteiger partial charge in [0.05, 0.1) is 17.5 Å². The smallest absolute Gasteiger partial charge is 0.338 e. The van der Waals surface area contributed by atoms with Crippen LogP contribution in [-0.2, 0) is 14.2 Å². The van der Waals surface area contributed by atoms with Crippen LogP contribution in [0.25, 0.3) is 11.2 Å². The number of fused-ring (bicyclic) bond motifs is 1. The Morgan fingerprint density at radius 2 is 1.69 bits per heavy atom. The van der Waals surface area contributed by atoms with Crippen molar-refractivity contribution in [2.75, 3.05) is 12.3 Å². The van der Waals surface area contributed by atoms with Gasteiger partial charge >= 0.3 is 11.9 Å². The van der Waals surface area contributed by atoms with Gasteiger partial charge in [-0.3, -0.25) is 4.57 Å². The van der Waals surface area contributed by atoms with Gasteiger partial charge < -0.3 is 19.9 Å². The van der Waals surface area contributed by atoms with Crippen molar-refractivity contribution in [3.05, 3.63) is 83.3 Å². The molecule has 178 valence electrons. The Labute approximate surface area is 204 Å². The minimum atomic E-state index is -0.729. The zero-order valence-electron chi connectivity index (χ0n) is 18.3. The highest BCUT2D eigenvalue weighted by Crippen LogP contribution is 2.34. The first kappa shape index (κ1) is 22.8. The first-order valence-electron chi connectivity index (χ1n) is 10.8. The number of nitrogen functional groups attached to an aromatic ring is 1. The van der Waals surface area contributed by atoms with Crippen molar-refractivity contribution in [3.8, 4) is 0 Å². The molecule has 0 saturated carbocycles. The molecule has 0 spiro atoms. The third-order valence-corrected chi connectivity index (χ3v) is 5.81. The predicted molar refractivity (Wildman–Crippen MR) is 126 cm³/mol. The average Bonchev–Trinajstić information content (AvgIpc) is 3.47. The van der Waals surface area contributed by atoms with Gasteiger partial charge in [0.1, 0.15) is 30.6 Å². The lowest BCUT2D eigenvalue weighted by Gasteiger charge is -2.19. The van der Waals surface area contributed by atoms with Crippen molar-refractivity contribution in [1.29, 1.82) is 0 Å². The number of imidazole rings is 1. The monoisotopic (exact) mass is 493 g/mol. The van der Waals surface area contributed by atoms with Gasteiger partial charge in [-0.25, -0.2) is 14.6 Å². The lowest BCUT2D eigenvalue weighted by Crippen LogP contribution is -2.32. The third kappa shape index (κ3) is 4.79. The maximum atomic E-state index is 12.7. The topological polar surface area (TPSA) is 131 Å². The number of benzene rings is 2. The van der Waals surface area contributed by atoms with Crippen LogP contribution in [0.3, 0.4) is 0 Å². The number of carbonyl (C=O) groups excluding carboxylic acids is 2. The summed E-state index contributed by atoms with van der Waals surface area (Å²) >= 11 is 6.14. The summed E-state index contributed by atoms with van der Waals surface area (Å²) in [6.45, 7) is -0.124. The van der Waals surface area contributed by atoms with E-state index in [1.807, 2.05) is 0 Å². The molecule has 2 aromatic heterocycles. The third-order valence-electron chi connectivity index (χ3n) is 5.54. The molecule has 10 nitrogen and oxygen atoms in total. The zero-order chi connectivity index (χ0) is 24.4. The van der Waals surface area contributed by atoms with Gasteiger partial charge in [-0.2, -0.15) is 9.97 Å². The molecule has 0 radical (unpaired) electrons. The maximum absolute atomic E-state index is 12.7. The van der Waals surface area contributed by atoms with Crippen molar-refractivity contribution < 1.29 is 23.8 Å². The molecule has 3 atom stereocenters. The Balaban J connectivity index is 1.38. The fourth-order valence-electron chi connectivity index (χ4n) is 3.85. The molecule has 5 rings (SSSR count). The Hall–Kier alpha value is -4.02. The largest absolute Gasteiger partial charge is 0.459 e. The summed E-state index contributed by atoms with van der Waals surface area (Å²) in [6, 6.07) is 17.2. The van der Waals surface area contributed by atoms with Gasteiger partial charge in [-0.15, -0.1) is 0 Å². The number of ether oxygens (including phenoxy) is 3. The number of halogens is 1. The van der Waals surface area contributed by atoms with Crippen molar-refractivity contribution in [2.45, 2.75) is 24.9 Å². The number of hydrogen-bond donors (Lipinski definition) is 1. The number of esters is 2. The van der Waals surface area contributed by atoms with Crippen LogP contribution in [0.5, 0.6) is 0 Å². The second kappa shape index (κ2) is 9.69. The number of aromatic nitrogens is 4. The van der Waals surface area contributed by atoms with Gasteiger partial charge in [0.2, 0.25) is 5.95 Å². The highest BCUT2D eigenvalue weighted by Gasteiger charge is 2.40. The maximum Gasteiger partial charge on any atom is 0.338 e. The van der Waals surface area contributed by atoms with E-state index in [1.54, 1.807) is 65.2 Å².